The Morgan fingerprint density at radius 1 is 1.18 bits per heavy atom. The standard InChI is InChI=1S/C25H21F3N4O/c1-16-5-6-17(24(33)31-20-4-2-3-19(12-20)25(26,27)28)11-23(16)18-8-10-32(15-18)22-7-9-30-21(13-22)14-29/h2-7,9,11-13,18H,8,10,15H2,1H3,(H,31,33). The van der Waals surface area contributed by atoms with Crippen molar-refractivity contribution < 1.29 is 18.0 Å². The topological polar surface area (TPSA) is 69.0 Å². The quantitative estimate of drug-likeness (QED) is 0.568. The zero-order chi connectivity index (χ0) is 23.6. The Bertz CT molecular complexity index is 1230. The number of alkyl halides is 3. The van der Waals surface area contributed by atoms with Crippen LogP contribution in [0.1, 0.15) is 45.1 Å². The molecular weight excluding hydrogens is 429 g/mol. The number of amides is 1. The van der Waals surface area contributed by atoms with Gasteiger partial charge in [0.15, 0.2) is 0 Å². The minimum Gasteiger partial charge on any atom is -0.371 e. The molecule has 3 aromatic rings. The summed E-state index contributed by atoms with van der Waals surface area (Å²) in [4.78, 5) is 19.0. The van der Waals surface area contributed by atoms with E-state index in [1.54, 1.807) is 18.3 Å². The van der Waals surface area contributed by atoms with Gasteiger partial charge in [0.05, 0.1) is 5.56 Å². The van der Waals surface area contributed by atoms with Gasteiger partial charge in [-0.25, -0.2) is 4.98 Å². The van der Waals surface area contributed by atoms with Crippen LogP contribution in [0.15, 0.2) is 60.8 Å². The summed E-state index contributed by atoms with van der Waals surface area (Å²) in [5.41, 5.74) is 3.04. The van der Waals surface area contributed by atoms with Crippen molar-refractivity contribution in [1.82, 2.24) is 4.98 Å². The number of carbonyl (C=O) groups excluding carboxylic acids is 1. The fourth-order valence-electron chi connectivity index (χ4n) is 4.12. The molecule has 5 nitrogen and oxygen atoms in total. The number of hydrogen-bond acceptors (Lipinski definition) is 4. The van der Waals surface area contributed by atoms with E-state index in [2.05, 4.69) is 15.2 Å². The van der Waals surface area contributed by atoms with Crippen molar-refractivity contribution in [3.63, 3.8) is 0 Å². The maximum Gasteiger partial charge on any atom is 0.416 e. The number of anilines is 2. The molecule has 2 aromatic carbocycles. The Hall–Kier alpha value is -3.86. The molecule has 1 fully saturated rings. The molecule has 0 spiro atoms. The number of aromatic nitrogens is 1. The van der Waals surface area contributed by atoms with E-state index in [0.717, 1.165) is 48.5 Å². The van der Waals surface area contributed by atoms with Gasteiger partial charge in [0.25, 0.3) is 5.91 Å². The Labute approximate surface area is 189 Å². The highest BCUT2D eigenvalue weighted by molar-refractivity contribution is 6.04. The molecule has 1 atom stereocenters. The first-order chi connectivity index (χ1) is 15.7. The minimum absolute atomic E-state index is 0.0926. The number of halogens is 3. The molecule has 1 aliphatic heterocycles. The van der Waals surface area contributed by atoms with Gasteiger partial charge in [-0.1, -0.05) is 12.1 Å². The highest BCUT2D eigenvalue weighted by Gasteiger charge is 2.30. The van der Waals surface area contributed by atoms with Crippen LogP contribution in [-0.2, 0) is 6.18 Å². The van der Waals surface area contributed by atoms with Crippen LogP contribution in [-0.4, -0.2) is 24.0 Å². The van der Waals surface area contributed by atoms with Crippen molar-refractivity contribution in [2.75, 3.05) is 23.3 Å². The molecule has 0 radical (unpaired) electrons. The zero-order valence-corrected chi connectivity index (χ0v) is 17.9. The second-order valence-electron chi connectivity index (χ2n) is 8.05. The number of aryl methyl sites for hydroxylation is 1. The Morgan fingerprint density at radius 2 is 2.00 bits per heavy atom. The lowest BCUT2D eigenvalue weighted by molar-refractivity contribution is -0.137. The van der Waals surface area contributed by atoms with Crippen LogP contribution in [0.5, 0.6) is 0 Å². The first-order valence-electron chi connectivity index (χ1n) is 10.4. The van der Waals surface area contributed by atoms with Gasteiger partial charge in [0.2, 0.25) is 0 Å². The Morgan fingerprint density at radius 3 is 2.76 bits per heavy atom. The van der Waals surface area contributed by atoms with Crippen LogP contribution in [0.3, 0.4) is 0 Å². The SMILES string of the molecule is Cc1ccc(C(=O)Nc2cccc(C(F)(F)F)c2)cc1C1CCN(c2ccnc(C#N)c2)C1. The molecule has 0 bridgehead atoms. The van der Waals surface area contributed by atoms with Crippen LogP contribution < -0.4 is 10.2 Å². The molecule has 4 rings (SSSR count). The van der Waals surface area contributed by atoms with E-state index in [4.69, 9.17) is 5.26 Å². The number of benzene rings is 2. The van der Waals surface area contributed by atoms with Crippen LogP contribution >= 0.6 is 0 Å². The molecule has 1 N–H and O–H groups in total. The summed E-state index contributed by atoms with van der Waals surface area (Å²) in [5, 5.41) is 11.7. The molecule has 1 amide bonds. The summed E-state index contributed by atoms with van der Waals surface area (Å²) in [7, 11) is 0. The molecule has 168 valence electrons. The first kappa shape index (κ1) is 22.3. The summed E-state index contributed by atoms with van der Waals surface area (Å²) in [6, 6.07) is 15.6. The monoisotopic (exact) mass is 450 g/mol. The van der Waals surface area contributed by atoms with E-state index in [-0.39, 0.29) is 11.6 Å². The van der Waals surface area contributed by atoms with Gasteiger partial charge in [0, 0.05) is 42.1 Å². The van der Waals surface area contributed by atoms with Crippen LogP contribution in [0.25, 0.3) is 0 Å². The van der Waals surface area contributed by atoms with Gasteiger partial charge in [-0.05, 0) is 66.9 Å². The van der Waals surface area contributed by atoms with Crippen molar-refractivity contribution in [3.05, 3.63) is 88.7 Å². The first-order valence-corrected chi connectivity index (χ1v) is 10.4. The normalized spacial score (nSPS) is 15.8. The molecule has 1 unspecified atom stereocenters. The van der Waals surface area contributed by atoms with Gasteiger partial charge in [-0.2, -0.15) is 18.4 Å². The van der Waals surface area contributed by atoms with Gasteiger partial charge in [-0.15, -0.1) is 0 Å². The fraction of sp³-hybridized carbons (Fsp3) is 0.240. The average Bonchev–Trinajstić information content (AvgIpc) is 3.29. The number of nitrogens with zero attached hydrogens (tertiary/aromatic N) is 3. The molecular formula is C25H21F3N4O. The number of carbonyl (C=O) groups is 1. The molecule has 2 heterocycles. The molecule has 1 saturated heterocycles. The van der Waals surface area contributed by atoms with Crippen LogP contribution in [0.2, 0.25) is 0 Å². The third-order valence-corrected chi connectivity index (χ3v) is 5.84. The highest BCUT2D eigenvalue weighted by Crippen LogP contribution is 2.34. The largest absolute Gasteiger partial charge is 0.416 e. The van der Waals surface area contributed by atoms with E-state index < -0.39 is 17.6 Å². The van der Waals surface area contributed by atoms with E-state index >= 15 is 0 Å². The van der Waals surface area contributed by atoms with Crippen molar-refractivity contribution in [2.45, 2.75) is 25.4 Å². The number of pyridine rings is 1. The number of nitrogens with one attached hydrogen (secondary N) is 1. The van der Waals surface area contributed by atoms with Gasteiger partial charge in [0.1, 0.15) is 11.8 Å². The van der Waals surface area contributed by atoms with E-state index in [1.807, 2.05) is 31.2 Å². The second-order valence-corrected chi connectivity index (χ2v) is 8.05. The number of nitriles is 1. The fourth-order valence-corrected chi connectivity index (χ4v) is 4.12. The summed E-state index contributed by atoms with van der Waals surface area (Å²) in [6.07, 6.45) is -1.98. The number of hydrogen-bond donors (Lipinski definition) is 1. The van der Waals surface area contributed by atoms with Crippen molar-refractivity contribution in [3.8, 4) is 6.07 Å². The van der Waals surface area contributed by atoms with E-state index in [1.165, 1.54) is 12.1 Å². The summed E-state index contributed by atoms with van der Waals surface area (Å²) in [6.45, 7) is 3.51. The Kier molecular flexibility index (Phi) is 6.05. The maximum absolute atomic E-state index is 13.0. The summed E-state index contributed by atoms with van der Waals surface area (Å²) >= 11 is 0. The summed E-state index contributed by atoms with van der Waals surface area (Å²) in [5.74, 6) is -0.275. The molecule has 33 heavy (non-hydrogen) atoms. The molecule has 1 aromatic heterocycles. The van der Waals surface area contributed by atoms with Crippen LogP contribution in [0, 0.1) is 18.3 Å². The third-order valence-electron chi connectivity index (χ3n) is 5.84. The predicted octanol–water partition coefficient (Wildman–Crippen LogP) is 5.53. The van der Waals surface area contributed by atoms with Gasteiger partial charge in [-0.3, -0.25) is 4.79 Å². The molecule has 0 aliphatic carbocycles. The maximum atomic E-state index is 13.0. The highest BCUT2D eigenvalue weighted by atomic mass is 19.4. The zero-order valence-electron chi connectivity index (χ0n) is 17.9. The smallest absolute Gasteiger partial charge is 0.371 e. The third kappa shape index (κ3) is 4.98. The average molecular weight is 450 g/mol. The second kappa shape index (κ2) is 8.94. The molecule has 8 heteroatoms. The molecule has 1 aliphatic rings. The summed E-state index contributed by atoms with van der Waals surface area (Å²) < 4.78 is 38.9. The van der Waals surface area contributed by atoms with E-state index in [9.17, 15) is 18.0 Å². The van der Waals surface area contributed by atoms with Crippen molar-refractivity contribution >= 4 is 17.3 Å². The van der Waals surface area contributed by atoms with Crippen molar-refractivity contribution in [1.29, 1.82) is 5.26 Å². The van der Waals surface area contributed by atoms with Crippen molar-refractivity contribution in [2.24, 2.45) is 0 Å². The lowest BCUT2D eigenvalue weighted by atomic mass is 9.92. The predicted molar refractivity (Wildman–Crippen MR) is 119 cm³/mol. The van der Waals surface area contributed by atoms with Crippen LogP contribution in [0.4, 0.5) is 24.5 Å². The van der Waals surface area contributed by atoms with Gasteiger partial charge < -0.3 is 10.2 Å². The molecule has 0 saturated carbocycles. The van der Waals surface area contributed by atoms with Gasteiger partial charge >= 0.3 is 6.18 Å². The lowest BCUT2D eigenvalue weighted by Gasteiger charge is -2.20. The lowest BCUT2D eigenvalue weighted by Crippen LogP contribution is -2.19. The number of rotatable bonds is 4. The van der Waals surface area contributed by atoms with E-state index in [0.29, 0.717) is 11.3 Å². The Balaban J connectivity index is 1.51. The minimum atomic E-state index is -4.48.